The molecule has 3 aromatic rings. The monoisotopic (exact) mass is 354 g/mol. The molecule has 2 amide bonds. The Balaban J connectivity index is 2.11. The van der Waals surface area contributed by atoms with E-state index in [-0.39, 0.29) is 28.8 Å². The Morgan fingerprint density at radius 2 is 2.04 bits per heavy atom. The Hall–Kier alpha value is -3.55. The Morgan fingerprint density at radius 3 is 2.73 bits per heavy atom. The van der Waals surface area contributed by atoms with E-state index >= 15 is 0 Å². The number of anilines is 1. The Morgan fingerprint density at radius 1 is 1.27 bits per heavy atom. The van der Waals surface area contributed by atoms with Crippen molar-refractivity contribution in [3.8, 4) is 0 Å². The van der Waals surface area contributed by atoms with Crippen molar-refractivity contribution < 1.29 is 14.0 Å². The molecule has 132 valence electrons. The molecule has 0 radical (unpaired) electrons. The van der Waals surface area contributed by atoms with Crippen LogP contribution in [0.3, 0.4) is 0 Å². The maximum absolute atomic E-state index is 13.3. The van der Waals surface area contributed by atoms with Crippen molar-refractivity contribution in [2.75, 3.05) is 5.32 Å². The summed E-state index contributed by atoms with van der Waals surface area (Å²) in [5.74, 6) is -1.89. The molecule has 0 spiro atoms. The molecule has 2 aromatic heterocycles. The summed E-state index contributed by atoms with van der Waals surface area (Å²) in [6, 6.07) is 8.46. The summed E-state index contributed by atoms with van der Waals surface area (Å²) in [4.78, 5) is 40.8. The van der Waals surface area contributed by atoms with Crippen molar-refractivity contribution in [1.29, 1.82) is 0 Å². The van der Waals surface area contributed by atoms with Crippen LogP contribution >= 0.6 is 0 Å². The van der Waals surface area contributed by atoms with Crippen LogP contribution in [-0.4, -0.2) is 21.4 Å². The number of hydrogen-bond donors (Lipinski definition) is 2. The van der Waals surface area contributed by atoms with Gasteiger partial charge in [0.25, 0.3) is 5.91 Å². The van der Waals surface area contributed by atoms with Crippen molar-refractivity contribution in [3.63, 3.8) is 0 Å². The topological polar surface area (TPSA) is 107 Å². The number of nitrogens with one attached hydrogen (secondary N) is 1. The van der Waals surface area contributed by atoms with Gasteiger partial charge < -0.3 is 15.6 Å². The molecule has 1 aromatic carbocycles. The van der Waals surface area contributed by atoms with E-state index in [0.717, 1.165) is 6.07 Å². The first-order chi connectivity index (χ1) is 12.3. The van der Waals surface area contributed by atoms with Gasteiger partial charge in [0.05, 0.1) is 5.39 Å². The quantitative estimate of drug-likeness (QED) is 0.742. The molecule has 0 aliphatic rings. The molecule has 26 heavy (non-hydrogen) atoms. The van der Waals surface area contributed by atoms with E-state index in [2.05, 4.69) is 10.3 Å². The first kappa shape index (κ1) is 17.3. The maximum Gasteiger partial charge on any atom is 0.261 e. The minimum Gasteiger partial charge on any atom is -0.368 e. The Bertz CT molecular complexity index is 1090. The average Bonchev–Trinajstić information content (AvgIpc) is 2.56. The first-order valence-corrected chi connectivity index (χ1v) is 7.71. The number of nitrogens with two attached hydrogens (primary N) is 1. The molecule has 0 atom stereocenters. The highest BCUT2D eigenvalue weighted by Gasteiger charge is 2.17. The van der Waals surface area contributed by atoms with Gasteiger partial charge in [-0.3, -0.25) is 14.4 Å². The van der Waals surface area contributed by atoms with Crippen LogP contribution in [-0.2, 0) is 11.3 Å². The van der Waals surface area contributed by atoms with Gasteiger partial charge in [0, 0.05) is 17.6 Å². The highest BCUT2D eigenvalue weighted by atomic mass is 19.1. The maximum atomic E-state index is 13.3. The summed E-state index contributed by atoms with van der Waals surface area (Å²) in [6.07, 6.45) is 1.23. The van der Waals surface area contributed by atoms with Crippen molar-refractivity contribution >= 4 is 28.5 Å². The van der Waals surface area contributed by atoms with Crippen molar-refractivity contribution in [1.82, 2.24) is 9.55 Å². The van der Waals surface area contributed by atoms with Crippen LogP contribution in [0.2, 0.25) is 0 Å². The van der Waals surface area contributed by atoms with Gasteiger partial charge in [-0.15, -0.1) is 0 Å². The number of carbonyl (C=O) groups is 2. The molecule has 3 rings (SSSR count). The number of carbonyl (C=O) groups excluding carboxylic acids is 2. The number of aromatic nitrogens is 2. The number of halogens is 1. The molecular weight excluding hydrogens is 339 g/mol. The highest BCUT2D eigenvalue weighted by Crippen LogP contribution is 2.14. The normalized spacial score (nSPS) is 10.7. The van der Waals surface area contributed by atoms with Crippen molar-refractivity contribution in [2.24, 2.45) is 5.73 Å². The predicted octanol–water partition coefficient (Wildman–Crippen LogP) is 1.58. The number of nitrogens with zero attached hydrogens (tertiary/aromatic N) is 2. The third-order valence-electron chi connectivity index (χ3n) is 3.71. The number of rotatable bonds is 4. The fourth-order valence-electron chi connectivity index (χ4n) is 2.57. The number of pyridine rings is 2. The van der Waals surface area contributed by atoms with Gasteiger partial charge in [0.15, 0.2) is 0 Å². The number of amides is 2. The zero-order valence-electron chi connectivity index (χ0n) is 13.8. The molecular formula is C18H15FN4O3. The summed E-state index contributed by atoms with van der Waals surface area (Å²) in [5, 5.41) is 2.65. The summed E-state index contributed by atoms with van der Waals surface area (Å²) in [6.45, 7) is 1.50. The van der Waals surface area contributed by atoms with Crippen LogP contribution in [0.5, 0.6) is 0 Å². The summed E-state index contributed by atoms with van der Waals surface area (Å²) < 4.78 is 14.6. The van der Waals surface area contributed by atoms with E-state index in [1.807, 2.05) is 0 Å². The molecule has 0 saturated heterocycles. The largest absolute Gasteiger partial charge is 0.368 e. The highest BCUT2D eigenvalue weighted by molar-refractivity contribution is 6.05. The Kier molecular flexibility index (Phi) is 4.49. The van der Waals surface area contributed by atoms with Gasteiger partial charge in [0.2, 0.25) is 11.3 Å². The van der Waals surface area contributed by atoms with E-state index in [4.69, 9.17) is 5.73 Å². The van der Waals surface area contributed by atoms with Crippen LogP contribution in [0.4, 0.5) is 10.1 Å². The van der Waals surface area contributed by atoms with E-state index in [9.17, 15) is 18.8 Å². The molecule has 0 bridgehead atoms. The molecule has 0 aliphatic carbocycles. The molecule has 3 N–H and O–H groups in total. The fraction of sp³-hybridized carbons (Fsp3) is 0.111. The molecule has 2 heterocycles. The second kappa shape index (κ2) is 6.75. The van der Waals surface area contributed by atoms with Crippen LogP contribution < -0.4 is 16.5 Å². The molecule has 8 heteroatoms. The lowest BCUT2D eigenvalue weighted by Crippen LogP contribution is -2.27. The smallest absolute Gasteiger partial charge is 0.261 e. The second-order valence-electron chi connectivity index (χ2n) is 5.75. The summed E-state index contributed by atoms with van der Waals surface area (Å²) in [5.41, 5.74) is 5.62. The fourth-order valence-corrected chi connectivity index (χ4v) is 2.57. The molecule has 0 saturated carbocycles. The predicted molar refractivity (Wildman–Crippen MR) is 94.3 cm³/mol. The SMILES string of the molecule is Cc1ccc2c(=O)c(C(=O)Nc3cccc(F)c3)cn(CC(N)=O)c2n1. The average molecular weight is 354 g/mol. The number of aryl methyl sites for hydroxylation is 1. The minimum atomic E-state index is -0.721. The minimum absolute atomic E-state index is 0.184. The van der Waals surface area contributed by atoms with Gasteiger partial charge in [-0.05, 0) is 37.3 Å². The lowest BCUT2D eigenvalue weighted by molar-refractivity contribution is -0.118. The van der Waals surface area contributed by atoms with Gasteiger partial charge >= 0.3 is 0 Å². The standard InChI is InChI=1S/C18H15FN4O3/c1-10-5-6-13-16(25)14(8-23(9-15(20)24)17(13)21-10)18(26)22-12-4-2-3-11(19)7-12/h2-8H,9H2,1H3,(H2,20,24)(H,22,26). The third-order valence-corrected chi connectivity index (χ3v) is 3.71. The number of hydrogen-bond acceptors (Lipinski definition) is 4. The van der Waals surface area contributed by atoms with Gasteiger partial charge in [-0.2, -0.15) is 0 Å². The zero-order valence-corrected chi connectivity index (χ0v) is 13.8. The lowest BCUT2D eigenvalue weighted by atomic mass is 10.1. The van der Waals surface area contributed by atoms with E-state index in [1.165, 1.54) is 35.0 Å². The Labute approximate surface area is 147 Å². The van der Waals surface area contributed by atoms with Crippen molar-refractivity contribution in [3.05, 3.63) is 69.9 Å². The molecule has 7 nitrogen and oxygen atoms in total. The molecule has 0 fully saturated rings. The number of fused-ring (bicyclic) bond motifs is 1. The van der Waals surface area contributed by atoms with E-state index < -0.39 is 23.1 Å². The summed E-state index contributed by atoms with van der Waals surface area (Å²) >= 11 is 0. The summed E-state index contributed by atoms with van der Waals surface area (Å²) in [7, 11) is 0. The number of benzene rings is 1. The van der Waals surface area contributed by atoms with E-state index in [1.54, 1.807) is 13.0 Å². The van der Waals surface area contributed by atoms with Gasteiger partial charge in [-0.1, -0.05) is 6.07 Å². The third kappa shape index (κ3) is 3.44. The molecule has 0 unspecified atom stereocenters. The lowest BCUT2D eigenvalue weighted by Gasteiger charge is -2.12. The van der Waals surface area contributed by atoms with Crippen LogP contribution in [0.1, 0.15) is 16.1 Å². The van der Waals surface area contributed by atoms with E-state index in [0.29, 0.717) is 5.69 Å². The second-order valence-corrected chi connectivity index (χ2v) is 5.75. The molecule has 0 aliphatic heterocycles. The number of primary amides is 1. The van der Waals surface area contributed by atoms with Crippen molar-refractivity contribution in [2.45, 2.75) is 13.5 Å². The van der Waals surface area contributed by atoms with Gasteiger partial charge in [-0.25, -0.2) is 9.37 Å². The van der Waals surface area contributed by atoms with Crippen LogP contribution in [0, 0.1) is 12.7 Å². The van der Waals surface area contributed by atoms with Gasteiger partial charge in [0.1, 0.15) is 23.6 Å². The van der Waals surface area contributed by atoms with Crippen LogP contribution in [0.25, 0.3) is 11.0 Å². The first-order valence-electron chi connectivity index (χ1n) is 7.71. The van der Waals surface area contributed by atoms with Crippen LogP contribution in [0.15, 0.2) is 47.4 Å². The zero-order chi connectivity index (χ0) is 18.8.